The lowest BCUT2D eigenvalue weighted by Gasteiger charge is -2.10. The molecule has 88 valence electrons. The van der Waals surface area contributed by atoms with Crippen molar-refractivity contribution in [1.82, 2.24) is 5.32 Å². The topological polar surface area (TPSA) is 58.6 Å². The maximum atomic E-state index is 10.5. The van der Waals surface area contributed by atoms with Gasteiger partial charge in [-0.3, -0.25) is 4.79 Å². The molecule has 0 aliphatic rings. The molecule has 0 bridgehead atoms. The lowest BCUT2D eigenvalue weighted by molar-refractivity contribution is -0.119. The number of hydrogen-bond acceptors (Lipinski definition) is 3. The molecule has 0 aliphatic carbocycles. The number of carbonyl (C=O) groups excluding carboxylic acids is 1. The van der Waals surface area contributed by atoms with Gasteiger partial charge in [0, 0.05) is 26.7 Å². The summed E-state index contributed by atoms with van der Waals surface area (Å²) in [5.41, 5.74) is 0. The van der Waals surface area contributed by atoms with E-state index < -0.39 is 0 Å². The van der Waals surface area contributed by atoms with Gasteiger partial charge >= 0.3 is 0 Å². The molecule has 14 heavy (non-hydrogen) atoms. The molecule has 0 heterocycles. The first-order valence-corrected chi connectivity index (χ1v) is 4.96. The molecular formula is C10H25NO3. The van der Waals surface area contributed by atoms with Gasteiger partial charge in [-0.2, -0.15) is 0 Å². The molecule has 4 heteroatoms. The van der Waals surface area contributed by atoms with Gasteiger partial charge in [0.2, 0.25) is 5.91 Å². The fraction of sp³-hybridized carbons (Fsp3) is 0.900. The second-order valence-electron chi connectivity index (χ2n) is 2.26. The molecule has 1 unspecified atom stereocenters. The van der Waals surface area contributed by atoms with E-state index in [1.807, 2.05) is 27.7 Å². The maximum Gasteiger partial charge on any atom is 0.217 e. The molecule has 0 saturated carbocycles. The largest absolute Gasteiger partial charge is 0.400 e. The van der Waals surface area contributed by atoms with Crippen molar-refractivity contribution < 1.29 is 14.6 Å². The number of aliphatic hydroxyl groups excluding tert-OH is 1. The second kappa shape index (κ2) is 18.2. The summed E-state index contributed by atoms with van der Waals surface area (Å²) in [6.07, 6.45) is 0. The van der Waals surface area contributed by atoms with Crippen molar-refractivity contribution >= 4 is 5.91 Å². The highest BCUT2D eigenvalue weighted by molar-refractivity contribution is 5.73. The van der Waals surface area contributed by atoms with Crippen LogP contribution in [0.5, 0.6) is 0 Å². The number of rotatable bonds is 4. The van der Waals surface area contributed by atoms with Crippen LogP contribution >= 0.6 is 0 Å². The fourth-order valence-electron chi connectivity index (χ4n) is 0.683. The fourth-order valence-corrected chi connectivity index (χ4v) is 0.683. The Morgan fingerprint density at radius 1 is 1.43 bits per heavy atom. The van der Waals surface area contributed by atoms with Crippen LogP contribution in [0.2, 0.25) is 0 Å². The zero-order valence-corrected chi connectivity index (χ0v) is 10.3. The number of amides is 1. The number of nitrogens with one attached hydrogen (secondary N) is 1. The van der Waals surface area contributed by atoms with E-state index in [0.717, 1.165) is 7.11 Å². The van der Waals surface area contributed by atoms with Gasteiger partial charge in [-0.05, 0) is 13.8 Å². The Morgan fingerprint density at radius 3 is 2.14 bits per heavy atom. The summed E-state index contributed by atoms with van der Waals surface area (Å²) in [6.45, 7) is 10.6. The number of carbonyl (C=O) groups is 1. The molecule has 0 spiro atoms. The summed E-state index contributed by atoms with van der Waals surface area (Å²) < 4.78 is 5.08. The zero-order valence-electron chi connectivity index (χ0n) is 10.3. The summed E-state index contributed by atoms with van der Waals surface area (Å²) in [5, 5.41) is 9.71. The summed E-state index contributed by atoms with van der Waals surface area (Å²) in [5.74, 6) is -0.00722. The predicted molar refractivity (Wildman–Crippen MR) is 59.3 cm³/mol. The van der Waals surface area contributed by atoms with E-state index in [-0.39, 0.29) is 11.9 Å². The molecule has 0 aliphatic heterocycles. The summed E-state index contributed by atoms with van der Waals surface area (Å²) in [7, 11) is 1.00. The number of ether oxygens (including phenoxy) is 1. The van der Waals surface area contributed by atoms with E-state index in [9.17, 15) is 4.79 Å². The molecule has 0 radical (unpaired) electrons. The highest BCUT2D eigenvalue weighted by Crippen LogP contribution is 1.82. The summed E-state index contributed by atoms with van der Waals surface area (Å²) >= 11 is 0. The van der Waals surface area contributed by atoms with Gasteiger partial charge < -0.3 is 15.2 Å². The van der Waals surface area contributed by atoms with Crippen LogP contribution < -0.4 is 5.32 Å². The first-order chi connectivity index (χ1) is 6.66. The standard InChI is InChI=1S/C7H15NO2.C2H6.CH4O/c1-4-10-5-6(2)8-7(3)9;2*1-2/h6H,4-5H2,1-3H3,(H,8,9);1-2H3;2H,1H3. The minimum absolute atomic E-state index is 0.00722. The molecular weight excluding hydrogens is 182 g/mol. The minimum atomic E-state index is -0.00722. The lowest BCUT2D eigenvalue weighted by atomic mass is 10.3. The first-order valence-electron chi connectivity index (χ1n) is 4.96. The first kappa shape index (κ1) is 19.0. The molecule has 1 atom stereocenters. The van der Waals surface area contributed by atoms with Crippen LogP contribution in [0.1, 0.15) is 34.6 Å². The van der Waals surface area contributed by atoms with Crippen LogP contribution in [-0.4, -0.2) is 37.4 Å². The molecule has 0 rings (SSSR count). The zero-order chi connectivity index (χ0) is 12.0. The molecule has 0 aromatic rings. The lowest BCUT2D eigenvalue weighted by Crippen LogP contribution is -2.34. The Labute approximate surface area is 87.7 Å². The van der Waals surface area contributed by atoms with Gasteiger partial charge in [0.25, 0.3) is 0 Å². The van der Waals surface area contributed by atoms with Crippen LogP contribution in [0.15, 0.2) is 0 Å². The van der Waals surface area contributed by atoms with Gasteiger partial charge in [-0.1, -0.05) is 13.8 Å². The average molecular weight is 207 g/mol. The van der Waals surface area contributed by atoms with E-state index in [1.165, 1.54) is 6.92 Å². The smallest absolute Gasteiger partial charge is 0.217 e. The van der Waals surface area contributed by atoms with E-state index in [0.29, 0.717) is 13.2 Å². The van der Waals surface area contributed by atoms with Crippen molar-refractivity contribution in [2.24, 2.45) is 0 Å². The van der Waals surface area contributed by atoms with Crippen molar-refractivity contribution in [3.05, 3.63) is 0 Å². The molecule has 0 fully saturated rings. The van der Waals surface area contributed by atoms with Crippen LogP contribution in [-0.2, 0) is 9.53 Å². The molecule has 2 N–H and O–H groups in total. The molecule has 0 saturated heterocycles. The van der Waals surface area contributed by atoms with E-state index in [4.69, 9.17) is 9.84 Å². The predicted octanol–water partition coefficient (Wildman–Crippen LogP) is 1.18. The third kappa shape index (κ3) is 22.5. The number of hydrogen-bond donors (Lipinski definition) is 2. The second-order valence-corrected chi connectivity index (χ2v) is 2.26. The van der Waals surface area contributed by atoms with Gasteiger partial charge in [-0.15, -0.1) is 0 Å². The normalized spacial score (nSPS) is 9.93. The van der Waals surface area contributed by atoms with Gasteiger partial charge in [0.15, 0.2) is 0 Å². The van der Waals surface area contributed by atoms with Crippen LogP contribution in [0.3, 0.4) is 0 Å². The van der Waals surface area contributed by atoms with Crippen LogP contribution in [0.25, 0.3) is 0 Å². The Morgan fingerprint density at radius 2 is 1.86 bits per heavy atom. The Bertz CT molecular complexity index is 108. The highest BCUT2D eigenvalue weighted by Gasteiger charge is 2.00. The Kier molecular flexibility index (Phi) is 24.8. The van der Waals surface area contributed by atoms with Crippen molar-refractivity contribution in [3.63, 3.8) is 0 Å². The van der Waals surface area contributed by atoms with Gasteiger partial charge in [-0.25, -0.2) is 0 Å². The van der Waals surface area contributed by atoms with Crippen LogP contribution in [0.4, 0.5) is 0 Å². The van der Waals surface area contributed by atoms with Crippen LogP contribution in [0, 0.1) is 0 Å². The van der Waals surface area contributed by atoms with Gasteiger partial charge in [0.1, 0.15) is 0 Å². The molecule has 0 aromatic carbocycles. The van der Waals surface area contributed by atoms with E-state index >= 15 is 0 Å². The minimum Gasteiger partial charge on any atom is -0.400 e. The van der Waals surface area contributed by atoms with Crippen molar-refractivity contribution in [1.29, 1.82) is 0 Å². The van der Waals surface area contributed by atoms with E-state index in [1.54, 1.807) is 0 Å². The summed E-state index contributed by atoms with van der Waals surface area (Å²) in [6, 6.07) is 0.123. The Hall–Kier alpha value is -0.610. The third-order valence-corrected chi connectivity index (χ3v) is 1.02. The molecule has 0 aromatic heterocycles. The quantitative estimate of drug-likeness (QED) is 0.728. The highest BCUT2D eigenvalue weighted by atomic mass is 16.5. The summed E-state index contributed by atoms with van der Waals surface area (Å²) in [4.78, 5) is 10.5. The molecule has 4 nitrogen and oxygen atoms in total. The number of aliphatic hydroxyl groups is 1. The average Bonchev–Trinajstić information content (AvgIpc) is 2.20. The van der Waals surface area contributed by atoms with Crippen molar-refractivity contribution in [2.75, 3.05) is 20.3 Å². The third-order valence-electron chi connectivity index (χ3n) is 1.02. The van der Waals surface area contributed by atoms with Gasteiger partial charge in [0.05, 0.1) is 6.61 Å². The Balaban J connectivity index is -0.000000266. The molecule has 1 amide bonds. The SMILES string of the molecule is CC.CCOCC(C)NC(C)=O.CO. The maximum absolute atomic E-state index is 10.5. The van der Waals surface area contributed by atoms with Crippen molar-refractivity contribution in [2.45, 2.75) is 40.7 Å². The van der Waals surface area contributed by atoms with Crippen molar-refractivity contribution in [3.8, 4) is 0 Å². The monoisotopic (exact) mass is 207 g/mol. The van der Waals surface area contributed by atoms with E-state index in [2.05, 4.69) is 5.32 Å².